The molecule has 13 nitrogen and oxygen atoms in total. The molecule has 0 aromatic heterocycles. The number of anilines is 1. The lowest BCUT2D eigenvalue weighted by Crippen LogP contribution is -2.42. The fourth-order valence-corrected chi connectivity index (χ4v) is 2.60. The summed E-state index contributed by atoms with van der Waals surface area (Å²) in [5.41, 5.74) is 7.83. The minimum Gasteiger partial charge on any atom is -0.435 e. The van der Waals surface area contributed by atoms with Crippen LogP contribution in [0.5, 0.6) is 0 Å². The van der Waals surface area contributed by atoms with Gasteiger partial charge >= 0.3 is 5.97 Å². The number of benzene rings is 1. The van der Waals surface area contributed by atoms with Crippen molar-refractivity contribution in [1.29, 1.82) is 0 Å². The number of hydrogen-bond acceptors (Lipinski definition) is 9. The van der Waals surface area contributed by atoms with Gasteiger partial charge in [-0.2, -0.15) is 0 Å². The summed E-state index contributed by atoms with van der Waals surface area (Å²) in [6.07, 6.45) is -0.675. The lowest BCUT2D eigenvalue weighted by Gasteiger charge is -2.33. The molecule has 1 saturated heterocycles. The van der Waals surface area contributed by atoms with Gasteiger partial charge in [0.2, 0.25) is 6.29 Å². The van der Waals surface area contributed by atoms with Crippen LogP contribution in [0.1, 0.15) is 19.8 Å². The monoisotopic (exact) mass is 380 g/mol. The highest BCUT2D eigenvalue weighted by molar-refractivity contribution is 5.66. The number of ether oxygens (including phenoxy) is 2. The van der Waals surface area contributed by atoms with Crippen LogP contribution in [-0.2, 0) is 14.3 Å². The van der Waals surface area contributed by atoms with Gasteiger partial charge in [0.15, 0.2) is 0 Å². The largest absolute Gasteiger partial charge is 0.435 e. The lowest BCUT2D eigenvalue weighted by atomic mass is 10.0. The molecule has 0 amide bonds. The van der Waals surface area contributed by atoms with E-state index in [4.69, 9.17) is 15.0 Å². The average molecular weight is 380 g/mol. The minimum absolute atomic E-state index is 0.0930. The summed E-state index contributed by atoms with van der Waals surface area (Å²) in [5.74, 6) is -0.599. The van der Waals surface area contributed by atoms with Gasteiger partial charge in [0, 0.05) is 24.4 Å². The number of nitrogens with zero attached hydrogens (tertiary/aromatic N) is 5. The molecule has 1 aromatic carbocycles. The van der Waals surface area contributed by atoms with Crippen LogP contribution in [0.4, 0.5) is 17.1 Å². The summed E-state index contributed by atoms with van der Waals surface area (Å²) in [5, 5.41) is 28.3. The molecule has 13 heteroatoms. The predicted octanol–water partition coefficient (Wildman–Crippen LogP) is 2.66. The van der Waals surface area contributed by atoms with Gasteiger partial charge in [-0.05, 0) is 24.4 Å². The van der Waals surface area contributed by atoms with Crippen molar-refractivity contribution in [1.82, 2.24) is 0 Å². The number of carbonyl (C=O) groups excluding carboxylic acids is 1. The number of azide groups is 1. The van der Waals surface area contributed by atoms with E-state index in [0.717, 1.165) is 12.1 Å². The van der Waals surface area contributed by atoms with E-state index in [-0.39, 0.29) is 12.2 Å². The first kappa shape index (κ1) is 19.9. The first-order valence-electron chi connectivity index (χ1n) is 7.85. The van der Waals surface area contributed by atoms with Crippen molar-refractivity contribution in [3.05, 3.63) is 48.9 Å². The fourth-order valence-electron chi connectivity index (χ4n) is 2.60. The molecule has 1 aliphatic heterocycles. The lowest BCUT2D eigenvalue weighted by molar-refractivity contribution is -0.393. The minimum atomic E-state index is -1.05. The SMILES string of the molecule is CC(=O)O[C@@H]1O[C@H](CNc2ccc([N+](=O)[O-])cc2[N+](=O)[O-])CC[C@@H]1N=[N+]=[N-]. The Bertz CT molecular complexity index is 794. The van der Waals surface area contributed by atoms with E-state index in [1.807, 2.05) is 0 Å². The molecule has 0 unspecified atom stereocenters. The molecule has 3 atom stereocenters. The van der Waals surface area contributed by atoms with E-state index in [1.54, 1.807) is 0 Å². The molecule has 1 aromatic rings. The van der Waals surface area contributed by atoms with Gasteiger partial charge in [-0.25, -0.2) is 0 Å². The predicted molar refractivity (Wildman–Crippen MR) is 90.8 cm³/mol. The van der Waals surface area contributed by atoms with E-state index in [1.165, 1.54) is 13.0 Å². The zero-order valence-electron chi connectivity index (χ0n) is 14.2. The number of nitro benzene ring substituents is 2. The van der Waals surface area contributed by atoms with Gasteiger partial charge in [-0.15, -0.1) is 0 Å². The zero-order chi connectivity index (χ0) is 20.0. The summed E-state index contributed by atoms with van der Waals surface area (Å²) < 4.78 is 10.6. The number of esters is 1. The third kappa shape index (κ3) is 5.26. The van der Waals surface area contributed by atoms with E-state index in [0.29, 0.717) is 12.8 Å². The molecule has 0 spiro atoms. The summed E-state index contributed by atoms with van der Waals surface area (Å²) in [6, 6.07) is 2.59. The van der Waals surface area contributed by atoms with Crippen molar-refractivity contribution in [2.75, 3.05) is 11.9 Å². The van der Waals surface area contributed by atoms with Crippen LogP contribution in [0.25, 0.3) is 10.4 Å². The van der Waals surface area contributed by atoms with Gasteiger partial charge in [0.25, 0.3) is 11.4 Å². The van der Waals surface area contributed by atoms with Crippen molar-refractivity contribution in [2.24, 2.45) is 5.11 Å². The Morgan fingerprint density at radius 1 is 1.41 bits per heavy atom. The number of carbonyl (C=O) groups is 1. The van der Waals surface area contributed by atoms with Gasteiger partial charge in [0.1, 0.15) is 11.7 Å². The second-order valence-corrected chi connectivity index (χ2v) is 5.68. The number of hydrogen-bond donors (Lipinski definition) is 1. The highest BCUT2D eigenvalue weighted by atomic mass is 16.7. The van der Waals surface area contributed by atoms with E-state index in [9.17, 15) is 25.0 Å². The van der Waals surface area contributed by atoms with Crippen LogP contribution in [0.2, 0.25) is 0 Å². The van der Waals surface area contributed by atoms with E-state index in [2.05, 4.69) is 15.3 Å². The molecule has 1 aliphatic rings. The van der Waals surface area contributed by atoms with E-state index >= 15 is 0 Å². The van der Waals surface area contributed by atoms with Crippen LogP contribution in [0.3, 0.4) is 0 Å². The molecule has 0 saturated carbocycles. The highest BCUT2D eigenvalue weighted by Crippen LogP contribution is 2.30. The Morgan fingerprint density at radius 3 is 2.74 bits per heavy atom. The van der Waals surface area contributed by atoms with Gasteiger partial charge in [0.05, 0.1) is 22.0 Å². The smallest absolute Gasteiger partial charge is 0.304 e. The summed E-state index contributed by atoms with van der Waals surface area (Å²) >= 11 is 0. The summed E-state index contributed by atoms with van der Waals surface area (Å²) in [4.78, 5) is 34.3. The molecule has 0 radical (unpaired) electrons. The fraction of sp³-hybridized carbons (Fsp3) is 0.500. The van der Waals surface area contributed by atoms with Crippen molar-refractivity contribution >= 4 is 23.0 Å². The second kappa shape index (κ2) is 8.78. The van der Waals surface area contributed by atoms with Crippen molar-refractivity contribution in [2.45, 2.75) is 38.2 Å². The van der Waals surface area contributed by atoms with Crippen molar-refractivity contribution < 1.29 is 24.1 Å². The molecule has 1 heterocycles. The van der Waals surface area contributed by atoms with Crippen LogP contribution in [0, 0.1) is 20.2 Å². The molecule has 0 aliphatic carbocycles. The summed E-state index contributed by atoms with van der Waals surface area (Å²) in [6.45, 7) is 1.32. The first-order valence-corrected chi connectivity index (χ1v) is 7.85. The highest BCUT2D eigenvalue weighted by Gasteiger charge is 2.33. The average Bonchev–Trinajstić information content (AvgIpc) is 2.61. The topological polar surface area (TPSA) is 183 Å². The van der Waals surface area contributed by atoms with Crippen LogP contribution >= 0.6 is 0 Å². The van der Waals surface area contributed by atoms with Crippen LogP contribution < -0.4 is 5.32 Å². The number of nitro groups is 2. The first-order chi connectivity index (χ1) is 12.8. The Morgan fingerprint density at radius 2 is 2.15 bits per heavy atom. The van der Waals surface area contributed by atoms with Crippen LogP contribution in [-0.4, -0.2) is 40.8 Å². The van der Waals surface area contributed by atoms with Crippen molar-refractivity contribution in [3.8, 4) is 0 Å². The molecular formula is C14H16N6O7. The Hall–Kier alpha value is -3.44. The van der Waals surface area contributed by atoms with E-state index < -0.39 is 45.6 Å². The standard InChI is InChI=1S/C14H16N6O7/c1-8(21)26-14-12(17-18-15)5-3-10(27-14)7-16-11-4-2-9(19(22)23)6-13(11)20(24)25/h2,4,6,10,12,14,16H,3,5,7H2,1H3/t10-,12-,14+/m0/s1. The normalized spacial score (nSPS) is 21.6. The molecule has 0 bridgehead atoms. The molecule has 1 fully saturated rings. The third-order valence-electron chi connectivity index (χ3n) is 3.82. The Kier molecular flexibility index (Phi) is 6.46. The maximum absolute atomic E-state index is 11.2. The van der Waals surface area contributed by atoms with Gasteiger partial charge in [-0.3, -0.25) is 25.0 Å². The molecule has 1 N–H and O–H groups in total. The Labute approximate surface area is 152 Å². The maximum atomic E-state index is 11.2. The quantitative estimate of drug-likeness (QED) is 0.187. The molecule has 27 heavy (non-hydrogen) atoms. The molecular weight excluding hydrogens is 364 g/mol. The Balaban J connectivity index is 2.08. The number of non-ortho nitro benzene ring substituents is 1. The number of rotatable bonds is 7. The van der Waals surface area contributed by atoms with Gasteiger partial charge < -0.3 is 14.8 Å². The zero-order valence-corrected chi connectivity index (χ0v) is 14.2. The third-order valence-corrected chi connectivity index (χ3v) is 3.82. The van der Waals surface area contributed by atoms with Gasteiger partial charge in [-0.1, -0.05) is 5.11 Å². The molecule has 144 valence electrons. The summed E-state index contributed by atoms with van der Waals surface area (Å²) in [7, 11) is 0. The second-order valence-electron chi connectivity index (χ2n) is 5.68. The molecule has 2 rings (SSSR count). The maximum Gasteiger partial charge on any atom is 0.304 e. The number of nitrogens with one attached hydrogen (secondary N) is 1. The van der Waals surface area contributed by atoms with Crippen molar-refractivity contribution in [3.63, 3.8) is 0 Å². The van der Waals surface area contributed by atoms with Crippen LogP contribution in [0.15, 0.2) is 23.3 Å².